The Labute approximate surface area is 163 Å². The highest BCUT2D eigenvalue weighted by Gasteiger charge is 2.29. The first-order valence-electron chi connectivity index (χ1n) is 9.09. The average Bonchev–Trinajstić information content (AvgIpc) is 3.19. The van der Waals surface area contributed by atoms with Gasteiger partial charge in [0.2, 0.25) is 11.0 Å². The maximum atomic E-state index is 12.5. The number of likely N-dealkylation sites (tertiary alicyclic amines) is 1. The second-order valence-corrected chi connectivity index (χ2v) is 8.42. The first-order valence-corrected chi connectivity index (χ1v) is 10.6. The number of rotatable bonds is 7. The molecule has 150 valence electrons. The van der Waals surface area contributed by atoms with Crippen molar-refractivity contribution in [3.63, 3.8) is 0 Å². The minimum absolute atomic E-state index is 0.0408. The summed E-state index contributed by atoms with van der Waals surface area (Å²) in [6.07, 6.45) is 1.53. The van der Waals surface area contributed by atoms with Crippen molar-refractivity contribution in [2.45, 2.75) is 24.4 Å². The smallest absolute Gasteiger partial charge is 0.289 e. The minimum atomic E-state index is -3.84. The van der Waals surface area contributed by atoms with Crippen LogP contribution in [0, 0.1) is 5.92 Å². The number of benzene rings is 1. The Morgan fingerprint density at radius 3 is 2.43 bits per heavy atom. The van der Waals surface area contributed by atoms with Crippen molar-refractivity contribution in [2.24, 2.45) is 11.7 Å². The van der Waals surface area contributed by atoms with E-state index in [1.54, 1.807) is 0 Å². The molecule has 0 saturated carbocycles. The van der Waals surface area contributed by atoms with Crippen LogP contribution in [0.15, 0.2) is 52.0 Å². The van der Waals surface area contributed by atoms with Crippen molar-refractivity contribution in [2.75, 3.05) is 19.6 Å². The van der Waals surface area contributed by atoms with Gasteiger partial charge in [0.05, 0.1) is 0 Å². The van der Waals surface area contributed by atoms with Crippen molar-refractivity contribution in [1.82, 2.24) is 9.62 Å². The maximum absolute atomic E-state index is 12.5. The molecule has 1 fully saturated rings. The highest BCUT2D eigenvalue weighted by atomic mass is 32.2. The third-order valence-corrected chi connectivity index (χ3v) is 6.12. The zero-order valence-electron chi connectivity index (χ0n) is 15.3. The van der Waals surface area contributed by atoms with Gasteiger partial charge in [-0.05, 0) is 37.0 Å². The standard InChI is InChI=1S/C19H23N3O5S/c20-18(23)15-9-12-22(13-10-15)19(24)16-6-7-17(27-16)28(25,26)21-11-8-14-4-2-1-3-5-14/h1-7,15,21H,8-13H2,(H2,20,23). The van der Waals surface area contributed by atoms with Crippen LogP contribution >= 0.6 is 0 Å². The molecule has 0 radical (unpaired) electrons. The molecular weight excluding hydrogens is 382 g/mol. The van der Waals surface area contributed by atoms with Gasteiger partial charge in [-0.15, -0.1) is 0 Å². The monoisotopic (exact) mass is 405 g/mol. The number of amides is 2. The molecule has 1 saturated heterocycles. The molecule has 2 heterocycles. The van der Waals surface area contributed by atoms with Crippen molar-refractivity contribution < 1.29 is 22.4 Å². The van der Waals surface area contributed by atoms with Crippen molar-refractivity contribution in [1.29, 1.82) is 0 Å². The average molecular weight is 405 g/mol. The number of piperidine rings is 1. The lowest BCUT2D eigenvalue weighted by Gasteiger charge is -2.29. The van der Waals surface area contributed by atoms with Gasteiger partial charge < -0.3 is 15.1 Å². The number of nitrogens with zero attached hydrogens (tertiary/aromatic N) is 1. The molecule has 2 aromatic rings. The van der Waals surface area contributed by atoms with E-state index in [4.69, 9.17) is 10.2 Å². The van der Waals surface area contributed by atoms with E-state index in [-0.39, 0.29) is 29.2 Å². The summed E-state index contributed by atoms with van der Waals surface area (Å²) in [5.74, 6) is -1.03. The van der Waals surface area contributed by atoms with Gasteiger partial charge in [0.25, 0.3) is 15.9 Å². The number of hydrogen-bond acceptors (Lipinski definition) is 5. The molecular formula is C19H23N3O5S. The minimum Gasteiger partial charge on any atom is -0.438 e. The lowest BCUT2D eigenvalue weighted by molar-refractivity contribution is -0.123. The van der Waals surface area contributed by atoms with Crippen molar-refractivity contribution >= 4 is 21.8 Å². The summed E-state index contributed by atoms with van der Waals surface area (Å²) < 4.78 is 32.5. The van der Waals surface area contributed by atoms with Crippen LogP contribution in [0.3, 0.4) is 0 Å². The molecule has 3 N–H and O–H groups in total. The van der Waals surface area contributed by atoms with Crippen molar-refractivity contribution in [3.8, 4) is 0 Å². The van der Waals surface area contributed by atoms with Crippen LogP contribution in [0.25, 0.3) is 0 Å². The third-order valence-electron chi connectivity index (χ3n) is 4.79. The van der Waals surface area contributed by atoms with E-state index in [0.717, 1.165) is 5.56 Å². The molecule has 1 aliphatic heterocycles. The van der Waals surface area contributed by atoms with Gasteiger partial charge in [-0.25, -0.2) is 13.1 Å². The molecule has 0 unspecified atom stereocenters. The van der Waals surface area contributed by atoms with Gasteiger partial charge in [0.15, 0.2) is 5.76 Å². The Bertz CT molecular complexity index is 931. The fraction of sp³-hybridized carbons (Fsp3) is 0.368. The van der Waals surface area contributed by atoms with E-state index in [0.29, 0.717) is 32.4 Å². The van der Waals surface area contributed by atoms with Crippen LogP contribution in [0.1, 0.15) is 29.0 Å². The van der Waals surface area contributed by atoms with Gasteiger partial charge in [-0.3, -0.25) is 9.59 Å². The zero-order chi connectivity index (χ0) is 20.1. The number of nitrogens with two attached hydrogens (primary N) is 1. The Morgan fingerprint density at radius 1 is 1.11 bits per heavy atom. The molecule has 1 aromatic carbocycles. The van der Waals surface area contributed by atoms with E-state index >= 15 is 0 Å². The first-order chi connectivity index (χ1) is 13.4. The molecule has 0 aliphatic carbocycles. The van der Waals surface area contributed by atoms with Gasteiger partial charge in [-0.2, -0.15) is 0 Å². The summed E-state index contributed by atoms with van der Waals surface area (Å²) in [7, 11) is -3.84. The normalized spacial score (nSPS) is 15.5. The zero-order valence-corrected chi connectivity index (χ0v) is 16.2. The number of nitrogens with one attached hydrogen (secondary N) is 1. The predicted octanol–water partition coefficient (Wildman–Crippen LogP) is 1.14. The largest absolute Gasteiger partial charge is 0.438 e. The fourth-order valence-electron chi connectivity index (χ4n) is 3.15. The summed E-state index contributed by atoms with van der Waals surface area (Å²) in [5.41, 5.74) is 6.31. The summed E-state index contributed by atoms with van der Waals surface area (Å²) in [6.45, 7) is 0.978. The van der Waals surface area contributed by atoms with Gasteiger partial charge in [0.1, 0.15) is 0 Å². The molecule has 28 heavy (non-hydrogen) atoms. The molecule has 0 atom stereocenters. The molecule has 2 amide bonds. The lowest BCUT2D eigenvalue weighted by atomic mass is 9.96. The summed E-state index contributed by atoms with van der Waals surface area (Å²) in [6, 6.07) is 12.1. The lowest BCUT2D eigenvalue weighted by Crippen LogP contribution is -2.41. The number of sulfonamides is 1. The van der Waals surface area contributed by atoms with E-state index in [1.165, 1.54) is 17.0 Å². The fourth-order valence-corrected chi connectivity index (χ4v) is 4.11. The molecule has 1 aliphatic rings. The number of hydrogen-bond donors (Lipinski definition) is 2. The van der Waals surface area contributed by atoms with Crippen molar-refractivity contribution in [3.05, 3.63) is 53.8 Å². The molecule has 8 nitrogen and oxygen atoms in total. The maximum Gasteiger partial charge on any atom is 0.289 e. The quantitative estimate of drug-likeness (QED) is 0.715. The topological polar surface area (TPSA) is 123 Å². The Morgan fingerprint density at radius 2 is 1.79 bits per heavy atom. The number of furan rings is 1. The van der Waals surface area contributed by atoms with Gasteiger partial charge >= 0.3 is 0 Å². The molecule has 1 aromatic heterocycles. The van der Waals surface area contributed by atoms with Crippen LogP contribution in [0.5, 0.6) is 0 Å². The van der Waals surface area contributed by atoms with Crippen LogP contribution in [-0.4, -0.2) is 44.8 Å². The van der Waals surface area contributed by atoms with Crippen LogP contribution in [0.2, 0.25) is 0 Å². The second kappa shape index (κ2) is 8.57. The number of primary amides is 1. The highest BCUT2D eigenvalue weighted by Crippen LogP contribution is 2.21. The molecule has 9 heteroatoms. The molecule has 0 bridgehead atoms. The number of carbonyl (C=O) groups is 2. The van der Waals surface area contributed by atoms with E-state index in [1.807, 2.05) is 30.3 Å². The highest BCUT2D eigenvalue weighted by molar-refractivity contribution is 7.89. The molecule has 0 spiro atoms. The molecule has 3 rings (SSSR count). The second-order valence-electron chi connectivity index (χ2n) is 6.72. The van der Waals surface area contributed by atoms with E-state index in [2.05, 4.69) is 4.72 Å². The van der Waals surface area contributed by atoms with Crippen LogP contribution < -0.4 is 10.5 Å². The van der Waals surface area contributed by atoms with E-state index < -0.39 is 15.9 Å². The predicted molar refractivity (Wildman–Crippen MR) is 102 cm³/mol. The summed E-state index contributed by atoms with van der Waals surface area (Å²) in [4.78, 5) is 25.3. The Balaban J connectivity index is 1.58. The van der Waals surface area contributed by atoms with Crippen LogP contribution in [-0.2, 0) is 21.2 Å². The Kier molecular flexibility index (Phi) is 6.15. The number of carbonyl (C=O) groups excluding carboxylic acids is 2. The van der Waals surface area contributed by atoms with Gasteiger partial charge in [-0.1, -0.05) is 30.3 Å². The summed E-state index contributed by atoms with van der Waals surface area (Å²) in [5, 5.41) is -0.295. The van der Waals surface area contributed by atoms with Crippen LogP contribution in [0.4, 0.5) is 0 Å². The Hall–Kier alpha value is -2.65. The third kappa shape index (κ3) is 4.79. The SMILES string of the molecule is NC(=O)C1CCN(C(=O)c2ccc(S(=O)(=O)NCCc3ccccc3)o2)CC1. The van der Waals surface area contributed by atoms with Gasteiger partial charge in [0, 0.05) is 25.6 Å². The summed E-state index contributed by atoms with van der Waals surface area (Å²) >= 11 is 0. The first kappa shape index (κ1) is 20.1. The van der Waals surface area contributed by atoms with E-state index in [9.17, 15) is 18.0 Å².